The zero-order valence-corrected chi connectivity index (χ0v) is 10.9. The molecule has 0 aliphatic heterocycles. The summed E-state index contributed by atoms with van der Waals surface area (Å²) in [7, 11) is 0. The number of nitrogens with two attached hydrogens (primary N) is 2. The third-order valence-electron chi connectivity index (χ3n) is 2.64. The lowest BCUT2D eigenvalue weighted by Gasteiger charge is -2.08. The van der Waals surface area contributed by atoms with Gasteiger partial charge in [-0.3, -0.25) is 4.79 Å². The van der Waals surface area contributed by atoms with E-state index in [0.717, 1.165) is 0 Å². The summed E-state index contributed by atoms with van der Waals surface area (Å²) >= 11 is 0. The number of aromatic nitrogens is 2. The Morgan fingerprint density at radius 3 is 2.70 bits per heavy atom. The molecule has 0 fully saturated rings. The minimum atomic E-state index is -0.621. The zero-order chi connectivity index (χ0) is 14.7. The molecule has 0 radical (unpaired) electrons. The smallest absolute Gasteiger partial charge is 0.340 e. The maximum absolute atomic E-state index is 11.8. The molecule has 0 saturated heterocycles. The van der Waals surface area contributed by atoms with Crippen molar-refractivity contribution in [3.05, 3.63) is 41.7 Å². The van der Waals surface area contributed by atoms with Gasteiger partial charge in [0.15, 0.2) is 0 Å². The Kier molecular flexibility index (Phi) is 3.69. The van der Waals surface area contributed by atoms with Crippen LogP contribution >= 0.6 is 0 Å². The van der Waals surface area contributed by atoms with E-state index < -0.39 is 11.9 Å². The van der Waals surface area contributed by atoms with Gasteiger partial charge in [0.1, 0.15) is 5.69 Å². The number of esters is 1. The van der Waals surface area contributed by atoms with E-state index in [9.17, 15) is 9.59 Å². The van der Waals surface area contributed by atoms with E-state index in [1.165, 1.54) is 10.7 Å². The van der Waals surface area contributed by atoms with Crippen molar-refractivity contribution in [2.45, 2.75) is 6.92 Å². The Labute approximate surface area is 115 Å². The van der Waals surface area contributed by atoms with Crippen molar-refractivity contribution in [2.75, 3.05) is 12.3 Å². The van der Waals surface area contributed by atoms with E-state index in [4.69, 9.17) is 16.2 Å². The lowest BCUT2D eigenvalue weighted by Crippen LogP contribution is -2.12. The van der Waals surface area contributed by atoms with E-state index in [-0.39, 0.29) is 17.9 Å². The van der Waals surface area contributed by atoms with Gasteiger partial charge in [0.25, 0.3) is 5.91 Å². The van der Waals surface area contributed by atoms with Gasteiger partial charge in [0, 0.05) is 11.9 Å². The first kappa shape index (κ1) is 13.6. The average molecular weight is 274 g/mol. The molecule has 2 rings (SSSR count). The standard InChI is InChI=1S/C13H14N4O3/c1-2-20-13(19)9-7-8(3-4-10(9)14)17-6-5-11(16-17)12(15)18/h3-7H,2,14H2,1H3,(H2,15,18). The van der Waals surface area contributed by atoms with Crippen LogP contribution in [0.2, 0.25) is 0 Å². The van der Waals surface area contributed by atoms with Crippen molar-refractivity contribution in [2.24, 2.45) is 5.73 Å². The second-order valence-electron chi connectivity index (χ2n) is 4.00. The minimum Gasteiger partial charge on any atom is -0.462 e. The lowest BCUT2D eigenvalue weighted by molar-refractivity contribution is 0.0527. The van der Waals surface area contributed by atoms with Crippen LogP contribution in [0.5, 0.6) is 0 Å². The molecule has 0 aliphatic rings. The Balaban J connectivity index is 2.39. The number of hydrogen-bond acceptors (Lipinski definition) is 5. The van der Waals surface area contributed by atoms with Crippen molar-refractivity contribution in [1.82, 2.24) is 9.78 Å². The van der Waals surface area contributed by atoms with E-state index in [0.29, 0.717) is 11.4 Å². The van der Waals surface area contributed by atoms with Gasteiger partial charge in [-0.2, -0.15) is 5.10 Å². The normalized spacial score (nSPS) is 10.2. The molecule has 0 atom stereocenters. The van der Waals surface area contributed by atoms with E-state index in [1.54, 1.807) is 31.3 Å². The first-order valence-corrected chi connectivity index (χ1v) is 5.95. The number of carbonyl (C=O) groups excluding carboxylic acids is 2. The summed E-state index contributed by atoms with van der Waals surface area (Å²) in [5.41, 5.74) is 12.2. The highest BCUT2D eigenvalue weighted by atomic mass is 16.5. The Hall–Kier alpha value is -2.83. The van der Waals surface area contributed by atoms with Crippen LogP contribution in [0.1, 0.15) is 27.8 Å². The highest BCUT2D eigenvalue weighted by Crippen LogP contribution is 2.18. The number of nitrogen functional groups attached to an aromatic ring is 1. The van der Waals surface area contributed by atoms with E-state index >= 15 is 0 Å². The molecule has 7 heteroatoms. The van der Waals surface area contributed by atoms with Gasteiger partial charge in [-0.05, 0) is 31.2 Å². The van der Waals surface area contributed by atoms with Gasteiger partial charge in [-0.25, -0.2) is 9.48 Å². The first-order chi connectivity index (χ1) is 9.52. The van der Waals surface area contributed by atoms with Gasteiger partial charge in [-0.1, -0.05) is 0 Å². The van der Waals surface area contributed by atoms with Crippen LogP contribution in [0.3, 0.4) is 0 Å². The summed E-state index contributed by atoms with van der Waals surface area (Å²) in [6.07, 6.45) is 1.57. The molecule has 0 saturated carbocycles. The first-order valence-electron chi connectivity index (χ1n) is 5.95. The largest absolute Gasteiger partial charge is 0.462 e. The molecule has 0 unspecified atom stereocenters. The molecular weight excluding hydrogens is 260 g/mol. The fourth-order valence-corrected chi connectivity index (χ4v) is 1.67. The van der Waals surface area contributed by atoms with Crippen LogP contribution in [0.4, 0.5) is 5.69 Å². The van der Waals surface area contributed by atoms with Crippen LogP contribution in [-0.4, -0.2) is 28.3 Å². The number of ether oxygens (including phenoxy) is 1. The molecule has 1 aromatic heterocycles. The second kappa shape index (κ2) is 5.43. The van der Waals surface area contributed by atoms with Gasteiger partial charge in [-0.15, -0.1) is 0 Å². The molecule has 0 aliphatic carbocycles. The van der Waals surface area contributed by atoms with Crippen molar-refractivity contribution in [3.8, 4) is 5.69 Å². The Bertz CT molecular complexity index is 663. The minimum absolute atomic E-state index is 0.138. The monoisotopic (exact) mass is 274 g/mol. The van der Waals surface area contributed by atoms with Crippen LogP contribution < -0.4 is 11.5 Å². The average Bonchev–Trinajstić information content (AvgIpc) is 2.89. The highest BCUT2D eigenvalue weighted by molar-refractivity contribution is 5.95. The van der Waals surface area contributed by atoms with E-state index in [2.05, 4.69) is 5.10 Å². The maximum atomic E-state index is 11.8. The summed E-state index contributed by atoms with van der Waals surface area (Å²) in [5.74, 6) is -1.13. The highest BCUT2D eigenvalue weighted by Gasteiger charge is 2.13. The van der Waals surface area contributed by atoms with Crippen molar-refractivity contribution < 1.29 is 14.3 Å². The predicted octanol–water partition coefficient (Wildman–Crippen LogP) is 0.730. The number of hydrogen-bond donors (Lipinski definition) is 2. The van der Waals surface area contributed by atoms with Crippen molar-refractivity contribution >= 4 is 17.6 Å². The molecule has 2 aromatic rings. The molecule has 1 heterocycles. The zero-order valence-electron chi connectivity index (χ0n) is 10.9. The molecule has 1 aromatic carbocycles. The third-order valence-corrected chi connectivity index (χ3v) is 2.64. The second-order valence-corrected chi connectivity index (χ2v) is 4.00. The van der Waals surface area contributed by atoms with Crippen molar-refractivity contribution in [1.29, 1.82) is 0 Å². The number of carbonyl (C=O) groups is 2. The van der Waals surface area contributed by atoms with Crippen LogP contribution in [0.15, 0.2) is 30.5 Å². The molecule has 1 amide bonds. The van der Waals surface area contributed by atoms with Gasteiger partial charge in [0.05, 0.1) is 17.9 Å². The number of anilines is 1. The maximum Gasteiger partial charge on any atom is 0.340 e. The number of benzene rings is 1. The Morgan fingerprint density at radius 2 is 2.10 bits per heavy atom. The van der Waals surface area contributed by atoms with E-state index in [1.807, 2.05) is 0 Å². The fourth-order valence-electron chi connectivity index (χ4n) is 1.67. The summed E-state index contributed by atoms with van der Waals surface area (Å²) in [4.78, 5) is 22.8. The molecule has 4 N–H and O–H groups in total. The quantitative estimate of drug-likeness (QED) is 0.630. The van der Waals surface area contributed by atoms with Crippen LogP contribution in [-0.2, 0) is 4.74 Å². The number of rotatable bonds is 4. The van der Waals surface area contributed by atoms with Gasteiger partial charge < -0.3 is 16.2 Å². The molecule has 0 bridgehead atoms. The summed E-state index contributed by atoms with van der Waals surface area (Å²) in [6, 6.07) is 6.29. The molecule has 104 valence electrons. The fraction of sp³-hybridized carbons (Fsp3) is 0.154. The topological polar surface area (TPSA) is 113 Å². The Morgan fingerprint density at radius 1 is 1.35 bits per heavy atom. The van der Waals surface area contributed by atoms with Gasteiger partial charge >= 0.3 is 5.97 Å². The van der Waals surface area contributed by atoms with Crippen molar-refractivity contribution in [3.63, 3.8) is 0 Å². The van der Waals surface area contributed by atoms with Crippen LogP contribution in [0.25, 0.3) is 5.69 Å². The summed E-state index contributed by atoms with van der Waals surface area (Å²) in [5, 5.41) is 4.01. The lowest BCUT2D eigenvalue weighted by atomic mass is 10.1. The summed E-state index contributed by atoms with van der Waals surface area (Å²) in [6.45, 7) is 1.97. The molecule has 0 spiro atoms. The SMILES string of the molecule is CCOC(=O)c1cc(-n2ccc(C(N)=O)n2)ccc1N. The summed E-state index contributed by atoms with van der Waals surface area (Å²) < 4.78 is 6.35. The number of primary amides is 1. The van der Waals surface area contributed by atoms with Gasteiger partial charge in [0.2, 0.25) is 0 Å². The van der Waals surface area contributed by atoms with Crippen LogP contribution in [0, 0.1) is 0 Å². The predicted molar refractivity (Wildman–Crippen MR) is 72.5 cm³/mol. The number of nitrogens with zero attached hydrogens (tertiary/aromatic N) is 2. The third kappa shape index (κ3) is 2.61. The number of amides is 1. The molecule has 7 nitrogen and oxygen atoms in total. The molecular formula is C13H14N4O3. The molecule has 20 heavy (non-hydrogen) atoms.